The van der Waals surface area contributed by atoms with Crippen molar-refractivity contribution in [1.82, 2.24) is 0 Å². The van der Waals surface area contributed by atoms with Gasteiger partial charge in [0.25, 0.3) is 0 Å². The molecule has 2 unspecified atom stereocenters. The van der Waals surface area contributed by atoms with Crippen molar-refractivity contribution in [2.24, 2.45) is 5.92 Å². The number of carbonyl (C=O) groups excluding carboxylic acids is 1. The number of ether oxygens (including phenoxy) is 1. The van der Waals surface area contributed by atoms with Crippen LogP contribution in [-0.4, -0.2) is 18.5 Å². The number of carbonyl (C=O) groups is 1. The van der Waals surface area contributed by atoms with E-state index in [0.29, 0.717) is 18.1 Å². The van der Waals surface area contributed by atoms with E-state index >= 15 is 0 Å². The zero-order valence-corrected chi connectivity index (χ0v) is 7.64. The second kappa shape index (κ2) is 2.84. The average Bonchev–Trinajstić information content (AvgIpc) is 2.03. The molecule has 0 aromatic carbocycles. The normalized spacial score (nSPS) is 41.4. The molecule has 0 aromatic heterocycles. The van der Waals surface area contributed by atoms with Crippen molar-refractivity contribution in [3.05, 3.63) is 0 Å². The third-order valence-electron chi connectivity index (χ3n) is 3.37. The highest BCUT2D eigenvalue weighted by Crippen LogP contribution is 2.43. The van der Waals surface area contributed by atoms with Crippen LogP contribution in [0.25, 0.3) is 0 Å². The summed E-state index contributed by atoms with van der Waals surface area (Å²) in [4.78, 5) is 11.4. The van der Waals surface area contributed by atoms with E-state index in [2.05, 4.69) is 0 Å². The zero-order chi connectivity index (χ0) is 8.60. The molecule has 0 amide bonds. The van der Waals surface area contributed by atoms with E-state index in [1.54, 1.807) is 7.11 Å². The lowest BCUT2D eigenvalue weighted by Crippen LogP contribution is -2.44. The Kier molecular flexibility index (Phi) is 1.95. The van der Waals surface area contributed by atoms with Crippen molar-refractivity contribution in [1.29, 1.82) is 0 Å². The van der Waals surface area contributed by atoms with Gasteiger partial charge in [0.1, 0.15) is 5.78 Å². The highest BCUT2D eigenvalue weighted by Gasteiger charge is 2.42. The molecule has 0 saturated heterocycles. The first-order chi connectivity index (χ1) is 5.74. The second-order valence-corrected chi connectivity index (χ2v) is 4.27. The van der Waals surface area contributed by atoms with E-state index in [9.17, 15) is 4.79 Å². The van der Waals surface area contributed by atoms with Crippen molar-refractivity contribution >= 4 is 5.78 Å². The van der Waals surface area contributed by atoms with Crippen molar-refractivity contribution < 1.29 is 9.53 Å². The summed E-state index contributed by atoms with van der Waals surface area (Å²) in [5.41, 5.74) is -0.0573. The standard InChI is InChI=1S/C10H16O2/c1-12-10-4-2-3-8(6-10)5-9(11)7-10/h8H,2-7H2,1H3. The first kappa shape index (κ1) is 8.24. The molecule has 0 radical (unpaired) electrons. The predicted molar refractivity (Wildman–Crippen MR) is 45.9 cm³/mol. The maximum absolute atomic E-state index is 11.4. The van der Waals surface area contributed by atoms with Gasteiger partial charge in [-0.15, -0.1) is 0 Å². The number of hydrogen-bond donors (Lipinski definition) is 0. The lowest BCUT2D eigenvalue weighted by Gasteiger charge is -2.43. The van der Waals surface area contributed by atoms with Crippen LogP contribution in [0, 0.1) is 5.92 Å². The van der Waals surface area contributed by atoms with E-state index in [1.165, 1.54) is 12.8 Å². The Morgan fingerprint density at radius 1 is 1.58 bits per heavy atom. The first-order valence-electron chi connectivity index (χ1n) is 4.81. The molecule has 0 aromatic rings. The van der Waals surface area contributed by atoms with Crippen LogP contribution >= 0.6 is 0 Å². The molecule has 2 saturated carbocycles. The van der Waals surface area contributed by atoms with E-state index in [0.717, 1.165) is 19.3 Å². The van der Waals surface area contributed by atoms with E-state index < -0.39 is 0 Å². The summed E-state index contributed by atoms with van der Waals surface area (Å²) in [5.74, 6) is 1.03. The summed E-state index contributed by atoms with van der Waals surface area (Å²) < 4.78 is 5.50. The Balaban J connectivity index is 2.15. The zero-order valence-electron chi connectivity index (χ0n) is 7.64. The van der Waals surface area contributed by atoms with Crippen LogP contribution in [0.1, 0.15) is 38.5 Å². The molecule has 2 rings (SSSR count). The Labute approximate surface area is 73.3 Å². The SMILES string of the molecule is COC12CCCC(CC(=O)C1)C2. The smallest absolute Gasteiger partial charge is 0.136 e. The van der Waals surface area contributed by atoms with Gasteiger partial charge in [-0.05, 0) is 25.2 Å². The second-order valence-electron chi connectivity index (χ2n) is 4.27. The van der Waals surface area contributed by atoms with Gasteiger partial charge in [0.15, 0.2) is 0 Å². The minimum atomic E-state index is -0.0573. The van der Waals surface area contributed by atoms with E-state index in [-0.39, 0.29) is 5.60 Å². The van der Waals surface area contributed by atoms with Gasteiger partial charge in [-0.25, -0.2) is 0 Å². The fourth-order valence-electron chi connectivity index (χ4n) is 2.79. The Morgan fingerprint density at radius 2 is 2.42 bits per heavy atom. The highest BCUT2D eigenvalue weighted by molar-refractivity contribution is 5.80. The molecule has 2 aliphatic rings. The highest BCUT2D eigenvalue weighted by atomic mass is 16.5. The van der Waals surface area contributed by atoms with Crippen LogP contribution in [0.5, 0.6) is 0 Å². The first-order valence-corrected chi connectivity index (χ1v) is 4.81. The predicted octanol–water partition coefficient (Wildman–Crippen LogP) is 1.92. The Hall–Kier alpha value is -0.370. The molecule has 68 valence electrons. The molecule has 2 nitrogen and oxygen atoms in total. The summed E-state index contributed by atoms with van der Waals surface area (Å²) >= 11 is 0. The molecule has 0 N–H and O–H groups in total. The number of fused-ring (bicyclic) bond motifs is 2. The van der Waals surface area contributed by atoms with Crippen LogP contribution in [0.3, 0.4) is 0 Å². The molecule has 0 spiro atoms. The van der Waals surface area contributed by atoms with Crippen molar-refractivity contribution in [3.63, 3.8) is 0 Å². The van der Waals surface area contributed by atoms with Gasteiger partial charge in [0.2, 0.25) is 0 Å². The topological polar surface area (TPSA) is 26.3 Å². The lowest BCUT2D eigenvalue weighted by molar-refractivity contribution is -0.138. The van der Waals surface area contributed by atoms with Gasteiger partial charge in [0.05, 0.1) is 5.60 Å². The molecule has 0 aliphatic heterocycles. The average molecular weight is 168 g/mol. The van der Waals surface area contributed by atoms with Gasteiger partial charge in [-0.1, -0.05) is 6.42 Å². The summed E-state index contributed by atoms with van der Waals surface area (Å²) in [6.07, 6.45) is 6.16. The third-order valence-corrected chi connectivity index (χ3v) is 3.37. The molecule has 0 heterocycles. The molecule has 12 heavy (non-hydrogen) atoms. The molecular weight excluding hydrogens is 152 g/mol. The van der Waals surface area contributed by atoms with Crippen LogP contribution in [0.2, 0.25) is 0 Å². The van der Waals surface area contributed by atoms with Crippen LogP contribution < -0.4 is 0 Å². The van der Waals surface area contributed by atoms with Crippen LogP contribution in [-0.2, 0) is 9.53 Å². The summed E-state index contributed by atoms with van der Waals surface area (Å²) in [7, 11) is 1.75. The number of Topliss-reactive ketones (excluding diaryl/α,β-unsaturated/α-hetero) is 1. The third kappa shape index (κ3) is 1.28. The summed E-state index contributed by atoms with van der Waals surface area (Å²) in [6.45, 7) is 0. The molecular formula is C10H16O2. The summed E-state index contributed by atoms with van der Waals surface area (Å²) in [6, 6.07) is 0. The molecule has 2 fully saturated rings. The maximum Gasteiger partial charge on any atom is 0.136 e. The number of rotatable bonds is 1. The van der Waals surface area contributed by atoms with Crippen LogP contribution in [0.4, 0.5) is 0 Å². The molecule has 2 heteroatoms. The van der Waals surface area contributed by atoms with Crippen LogP contribution in [0.15, 0.2) is 0 Å². The minimum absolute atomic E-state index is 0.0573. The van der Waals surface area contributed by atoms with Crippen molar-refractivity contribution in [2.75, 3.05) is 7.11 Å². The number of ketones is 1. The monoisotopic (exact) mass is 168 g/mol. The van der Waals surface area contributed by atoms with E-state index in [1.807, 2.05) is 0 Å². The van der Waals surface area contributed by atoms with Crippen molar-refractivity contribution in [3.8, 4) is 0 Å². The number of hydrogen-bond acceptors (Lipinski definition) is 2. The van der Waals surface area contributed by atoms with Gasteiger partial charge in [0, 0.05) is 20.0 Å². The van der Waals surface area contributed by atoms with E-state index in [4.69, 9.17) is 4.74 Å². The molecule has 2 atom stereocenters. The largest absolute Gasteiger partial charge is 0.378 e. The van der Waals surface area contributed by atoms with Gasteiger partial charge >= 0.3 is 0 Å². The fourth-order valence-corrected chi connectivity index (χ4v) is 2.79. The van der Waals surface area contributed by atoms with Gasteiger partial charge in [-0.2, -0.15) is 0 Å². The molecule has 2 aliphatic carbocycles. The van der Waals surface area contributed by atoms with Gasteiger partial charge in [-0.3, -0.25) is 4.79 Å². The quantitative estimate of drug-likeness (QED) is 0.598. The molecule has 2 bridgehead atoms. The van der Waals surface area contributed by atoms with Crippen molar-refractivity contribution in [2.45, 2.75) is 44.1 Å². The maximum atomic E-state index is 11.4. The fraction of sp³-hybridized carbons (Fsp3) is 0.900. The van der Waals surface area contributed by atoms with Gasteiger partial charge < -0.3 is 4.74 Å². The minimum Gasteiger partial charge on any atom is -0.378 e. The Morgan fingerprint density at radius 3 is 3.17 bits per heavy atom. The summed E-state index contributed by atoms with van der Waals surface area (Å²) in [5, 5.41) is 0. The Bertz CT molecular complexity index is 200. The lowest BCUT2D eigenvalue weighted by atomic mass is 9.69. The number of methoxy groups -OCH3 is 1.